The molecule has 2 unspecified atom stereocenters. The predicted molar refractivity (Wildman–Crippen MR) is 59.2 cm³/mol. The van der Waals surface area contributed by atoms with Crippen LogP contribution in [0.1, 0.15) is 52.9 Å². The molecule has 2 aliphatic carbocycles. The topological polar surface area (TPSA) is 12.0 Å². The SMILES string of the molecule is CC(C)(C)C12CC3CC(C1)NC(C3)C2. The lowest BCUT2D eigenvalue weighted by molar-refractivity contribution is -0.0862. The van der Waals surface area contributed by atoms with Crippen LogP contribution in [0.5, 0.6) is 0 Å². The Kier molecular flexibility index (Phi) is 1.68. The Morgan fingerprint density at radius 1 is 1.00 bits per heavy atom. The van der Waals surface area contributed by atoms with Crippen molar-refractivity contribution >= 4 is 0 Å². The molecule has 2 saturated carbocycles. The third kappa shape index (κ3) is 1.11. The minimum atomic E-state index is 0.519. The van der Waals surface area contributed by atoms with Crippen LogP contribution in [0.2, 0.25) is 0 Å². The van der Waals surface area contributed by atoms with Crippen molar-refractivity contribution in [1.82, 2.24) is 5.32 Å². The first-order valence-corrected chi connectivity index (χ1v) is 6.25. The number of piperidine rings is 2. The average Bonchev–Trinajstić information content (AvgIpc) is 1.98. The van der Waals surface area contributed by atoms with Gasteiger partial charge in [0.2, 0.25) is 0 Å². The van der Waals surface area contributed by atoms with Crippen molar-refractivity contribution in [3.8, 4) is 0 Å². The van der Waals surface area contributed by atoms with E-state index < -0.39 is 0 Å². The molecule has 0 amide bonds. The van der Waals surface area contributed by atoms with Crippen LogP contribution < -0.4 is 5.32 Å². The molecule has 2 atom stereocenters. The number of nitrogens with one attached hydrogen (secondary N) is 1. The van der Waals surface area contributed by atoms with Gasteiger partial charge in [-0.05, 0) is 48.9 Å². The molecule has 1 heteroatoms. The van der Waals surface area contributed by atoms with E-state index in [0.29, 0.717) is 10.8 Å². The summed E-state index contributed by atoms with van der Waals surface area (Å²) in [5.74, 6) is 1.05. The van der Waals surface area contributed by atoms with Gasteiger partial charge in [0.25, 0.3) is 0 Å². The molecule has 2 saturated heterocycles. The van der Waals surface area contributed by atoms with Crippen LogP contribution in [0.25, 0.3) is 0 Å². The van der Waals surface area contributed by atoms with Gasteiger partial charge in [-0.1, -0.05) is 20.8 Å². The van der Waals surface area contributed by atoms with Gasteiger partial charge in [-0.15, -0.1) is 0 Å². The summed E-state index contributed by atoms with van der Waals surface area (Å²) in [5.41, 5.74) is 1.19. The second kappa shape index (κ2) is 2.55. The maximum atomic E-state index is 3.81. The first-order chi connectivity index (χ1) is 6.48. The van der Waals surface area contributed by atoms with Crippen LogP contribution in [0.4, 0.5) is 0 Å². The maximum Gasteiger partial charge on any atom is 0.00778 e. The summed E-state index contributed by atoms with van der Waals surface area (Å²) in [6.45, 7) is 7.38. The molecular formula is C13H23N. The van der Waals surface area contributed by atoms with E-state index in [0.717, 1.165) is 18.0 Å². The molecule has 1 N–H and O–H groups in total. The largest absolute Gasteiger partial charge is 0.311 e. The fourth-order valence-corrected chi connectivity index (χ4v) is 4.49. The molecule has 1 nitrogen and oxygen atoms in total. The Hall–Kier alpha value is -0.0400. The fraction of sp³-hybridized carbons (Fsp3) is 1.00. The van der Waals surface area contributed by atoms with E-state index in [1.165, 1.54) is 32.1 Å². The summed E-state index contributed by atoms with van der Waals surface area (Å²) < 4.78 is 0. The van der Waals surface area contributed by atoms with Crippen molar-refractivity contribution in [3.05, 3.63) is 0 Å². The highest BCUT2D eigenvalue weighted by molar-refractivity contribution is 5.09. The van der Waals surface area contributed by atoms with Gasteiger partial charge in [0.15, 0.2) is 0 Å². The summed E-state index contributed by atoms with van der Waals surface area (Å²) in [6.07, 6.45) is 7.35. The Labute approximate surface area is 87.7 Å². The van der Waals surface area contributed by atoms with Crippen LogP contribution in [0, 0.1) is 16.7 Å². The van der Waals surface area contributed by atoms with Gasteiger partial charge in [0, 0.05) is 12.1 Å². The van der Waals surface area contributed by atoms with Crippen molar-refractivity contribution in [3.63, 3.8) is 0 Å². The van der Waals surface area contributed by atoms with E-state index >= 15 is 0 Å². The van der Waals surface area contributed by atoms with Crippen molar-refractivity contribution < 1.29 is 0 Å². The van der Waals surface area contributed by atoms with Gasteiger partial charge < -0.3 is 5.32 Å². The van der Waals surface area contributed by atoms with Gasteiger partial charge in [-0.3, -0.25) is 0 Å². The van der Waals surface area contributed by atoms with E-state index in [1.807, 2.05) is 0 Å². The van der Waals surface area contributed by atoms with E-state index in [-0.39, 0.29) is 0 Å². The zero-order valence-corrected chi connectivity index (χ0v) is 9.77. The molecule has 14 heavy (non-hydrogen) atoms. The molecule has 0 aromatic carbocycles. The molecule has 4 rings (SSSR count). The molecule has 0 radical (unpaired) electrons. The Morgan fingerprint density at radius 3 is 2.00 bits per heavy atom. The molecule has 4 fully saturated rings. The molecule has 4 aliphatic rings. The third-order valence-corrected chi connectivity index (χ3v) is 5.25. The van der Waals surface area contributed by atoms with Crippen molar-refractivity contribution in [2.75, 3.05) is 0 Å². The molecular weight excluding hydrogens is 170 g/mol. The molecule has 2 aliphatic heterocycles. The molecule has 80 valence electrons. The van der Waals surface area contributed by atoms with Crippen LogP contribution in [0.15, 0.2) is 0 Å². The van der Waals surface area contributed by atoms with Crippen LogP contribution in [-0.2, 0) is 0 Å². The summed E-state index contributed by atoms with van der Waals surface area (Å²) in [4.78, 5) is 0. The second-order valence-electron chi connectivity index (χ2n) is 7.04. The van der Waals surface area contributed by atoms with Gasteiger partial charge in [-0.2, -0.15) is 0 Å². The molecule has 0 aromatic rings. The molecule has 2 heterocycles. The average molecular weight is 193 g/mol. The lowest BCUT2D eigenvalue weighted by Gasteiger charge is -2.62. The van der Waals surface area contributed by atoms with Crippen LogP contribution in [0.3, 0.4) is 0 Å². The van der Waals surface area contributed by atoms with E-state index in [1.54, 1.807) is 0 Å². The number of rotatable bonds is 0. The first-order valence-electron chi connectivity index (χ1n) is 6.25. The van der Waals surface area contributed by atoms with E-state index in [2.05, 4.69) is 26.1 Å². The zero-order chi connectivity index (χ0) is 9.97. The minimum absolute atomic E-state index is 0.519. The van der Waals surface area contributed by atoms with E-state index in [4.69, 9.17) is 0 Å². The second-order valence-corrected chi connectivity index (χ2v) is 7.04. The summed E-state index contributed by atoms with van der Waals surface area (Å²) >= 11 is 0. The smallest absolute Gasteiger partial charge is 0.00778 e. The van der Waals surface area contributed by atoms with Gasteiger partial charge in [0.1, 0.15) is 0 Å². The van der Waals surface area contributed by atoms with Crippen LogP contribution >= 0.6 is 0 Å². The van der Waals surface area contributed by atoms with E-state index in [9.17, 15) is 0 Å². The highest BCUT2D eigenvalue weighted by Crippen LogP contribution is 2.60. The summed E-state index contributed by atoms with van der Waals surface area (Å²) in [6, 6.07) is 1.72. The quantitative estimate of drug-likeness (QED) is 0.623. The van der Waals surface area contributed by atoms with Gasteiger partial charge in [0.05, 0.1) is 0 Å². The highest BCUT2D eigenvalue weighted by Gasteiger charge is 2.55. The monoisotopic (exact) mass is 193 g/mol. The predicted octanol–water partition coefficient (Wildman–Crippen LogP) is 2.95. The number of hydrogen-bond acceptors (Lipinski definition) is 1. The molecule has 4 bridgehead atoms. The lowest BCUT2D eigenvalue weighted by Crippen LogP contribution is -2.63. The summed E-state index contributed by atoms with van der Waals surface area (Å²) in [5, 5.41) is 3.81. The van der Waals surface area contributed by atoms with Crippen molar-refractivity contribution in [1.29, 1.82) is 0 Å². The fourth-order valence-electron chi connectivity index (χ4n) is 4.49. The summed E-state index contributed by atoms with van der Waals surface area (Å²) in [7, 11) is 0. The normalized spacial score (nSPS) is 51.2. The molecule has 0 spiro atoms. The molecule has 0 aromatic heterocycles. The third-order valence-electron chi connectivity index (χ3n) is 5.25. The Bertz CT molecular complexity index is 213. The maximum absolute atomic E-state index is 3.81. The van der Waals surface area contributed by atoms with Gasteiger partial charge in [-0.25, -0.2) is 0 Å². The highest BCUT2D eigenvalue weighted by atomic mass is 15.0. The van der Waals surface area contributed by atoms with Crippen molar-refractivity contribution in [2.45, 2.75) is 65.0 Å². The zero-order valence-electron chi connectivity index (χ0n) is 9.77. The Balaban J connectivity index is 1.95. The van der Waals surface area contributed by atoms with Gasteiger partial charge >= 0.3 is 0 Å². The first kappa shape index (κ1) is 9.21. The standard InChI is InChI=1S/C13H23N/c1-12(2,3)13-6-9-4-10(7-13)14-11(5-9)8-13/h9-11,14H,4-8H2,1-3H3. The lowest BCUT2D eigenvalue weighted by atomic mass is 9.48. The van der Waals surface area contributed by atoms with Crippen LogP contribution in [-0.4, -0.2) is 12.1 Å². The van der Waals surface area contributed by atoms with Crippen molar-refractivity contribution in [2.24, 2.45) is 16.7 Å². The number of hydrogen-bond donors (Lipinski definition) is 1. The Morgan fingerprint density at radius 2 is 1.57 bits per heavy atom. The minimum Gasteiger partial charge on any atom is -0.311 e.